The molecule has 0 saturated heterocycles. The Labute approximate surface area is 188 Å². The van der Waals surface area contributed by atoms with Gasteiger partial charge < -0.3 is 9.30 Å². The molecule has 5 aromatic rings. The smallest absolute Gasteiger partial charge is 0.329 e. The number of rotatable bonds is 7. The number of nitrogens with one attached hydrogen (secondary N) is 1. The van der Waals surface area contributed by atoms with Crippen LogP contribution in [-0.2, 0) is 20.0 Å². The number of aromatic nitrogens is 6. The zero-order chi connectivity index (χ0) is 22.9. The summed E-state index contributed by atoms with van der Waals surface area (Å²) >= 11 is 0. The summed E-state index contributed by atoms with van der Waals surface area (Å²) in [6.45, 7) is 3.07. The van der Waals surface area contributed by atoms with Crippen LogP contribution >= 0.6 is 0 Å². The van der Waals surface area contributed by atoms with Crippen molar-refractivity contribution in [2.75, 3.05) is 6.61 Å². The van der Waals surface area contributed by atoms with E-state index in [9.17, 15) is 9.59 Å². The van der Waals surface area contributed by atoms with Crippen molar-refractivity contribution >= 4 is 16.9 Å². The van der Waals surface area contributed by atoms with E-state index in [0.29, 0.717) is 35.9 Å². The SMILES string of the molecule is CCOc1ccc(-c2nnc3n(CCCc4ccccc4)c4c(=O)[nH]c(=O)n(C)c4n23)cc1. The minimum atomic E-state index is -0.484. The van der Waals surface area contributed by atoms with E-state index in [1.54, 1.807) is 11.4 Å². The Bertz CT molecular complexity index is 1540. The maximum Gasteiger partial charge on any atom is 0.329 e. The average Bonchev–Trinajstić information content (AvgIpc) is 3.38. The Morgan fingerprint density at radius 3 is 2.48 bits per heavy atom. The molecule has 33 heavy (non-hydrogen) atoms. The average molecular weight is 444 g/mol. The fourth-order valence-electron chi connectivity index (χ4n) is 4.19. The van der Waals surface area contributed by atoms with Crippen LogP contribution in [0.15, 0.2) is 64.2 Å². The molecule has 0 spiro atoms. The lowest BCUT2D eigenvalue weighted by Gasteiger charge is -2.06. The van der Waals surface area contributed by atoms with Crippen LogP contribution in [-0.4, -0.2) is 35.3 Å². The van der Waals surface area contributed by atoms with E-state index in [1.807, 2.05) is 54.0 Å². The standard InChI is InChI=1S/C24H24N6O3/c1-3-33-18-13-11-17(12-14-18)20-26-27-23-29(15-7-10-16-8-5-4-6-9-16)19-21(31)25-24(32)28(2)22(19)30(20)23/h4-6,8-9,11-14H,3,7,10,15H2,1-2H3,(H,25,31,32). The van der Waals surface area contributed by atoms with Gasteiger partial charge in [-0.2, -0.15) is 0 Å². The molecule has 0 aliphatic rings. The van der Waals surface area contributed by atoms with Crippen molar-refractivity contribution in [2.45, 2.75) is 26.3 Å². The summed E-state index contributed by atoms with van der Waals surface area (Å²) in [6, 6.07) is 17.7. The zero-order valence-electron chi connectivity index (χ0n) is 18.5. The van der Waals surface area contributed by atoms with Gasteiger partial charge in [0, 0.05) is 19.2 Å². The number of imidazole rings is 1. The Balaban J connectivity index is 1.64. The quantitative estimate of drug-likeness (QED) is 0.416. The minimum absolute atomic E-state index is 0.405. The molecule has 5 rings (SSSR count). The van der Waals surface area contributed by atoms with Crippen LogP contribution in [0.25, 0.3) is 28.3 Å². The normalized spacial score (nSPS) is 11.5. The van der Waals surface area contributed by atoms with E-state index in [2.05, 4.69) is 27.3 Å². The largest absolute Gasteiger partial charge is 0.494 e. The molecule has 2 aromatic carbocycles. The van der Waals surface area contributed by atoms with Crippen molar-refractivity contribution in [3.63, 3.8) is 0 Å². The highest BCUT2D eigenvalue weighted by Crippen LogP contribution is 2.26. The van der Waals surface area contributed by atoms with Gasteiger partial charge in [0.2, 0.25) is 5.78 Å². The second kappa shape index (κ2) is 8.42. The molecule has 168 valence electrons. The van der Waals surface area contributed by atoms with Crippen molar-refractivity contribution in [2.24, 2.45) is 7.05 Å². The van der Waals surface area contributed by atoms with E-state index in [0.717, 1.165) is 24.2 Å². The van der Waals surface area contributed by atoms with Gasteiger partial charge in [0.05, 0.1) is 6.61 Å². The zero-order valence-corrected chi connectivity index (χ0v) is 18.5. The van der Waals surface area contributed by atoms with E-state index in [1.165, 1.54) is 10.1 Å². The van der Waals surface area contributed by atoms with Gasteiger partial charge >= 0.3 is 5.69 Å². The molecule has 0 unspecified atom stereocenters. The highest BCUT2D eigenvalue weighted by Gasteiger charge is 2.22. The Morgan fingerprint density at radius 1 is 1.00 bits per heavy atom. The lowest BCUT2D eigenvalue weighted by molar-refractivity contribution is 0.340. The maximum absolute atomic E-state index is 12.9. The molecule has 0 atom stereocenters. The molecule has 0 aliphatic heterocycles. The molecular weight excluding hydrogens is 420 g/mol. The van der Waals surface area contributed by atoms with Crippen LogP contribution in [0.2, 0.25) is 0 Å². The van der Waals surface area contributed by atoms with Crippen LogP contribution < -0.4 is 16.0 Å². The number of benzene rings is 2. The van der Waals surface area contributed by atoms with Crippen LogP contribution in [0, 0.1) is 0 Å². The number of fused-ring (bicyclic) bond motifs is 3. The van der Waals surface area contributed by atoms with Crippen LogP contribution in [0.3, 0.4) is 0 Å². The first kappa shape index (κ1) is 20.7. The molecule has 3 heterocycles. The van der Waals surface area contributed by atoms with Gasteiger partial charge in [-0.1, -0.05) is 30.3 Å². The molecule has 0 bridgehead atoms. The van der Waals surface area contributed by atoms with Gasteiger partial charge in [-0.05, 0) is 49.6 Å². The monoisotopic (exact) mass is 444 g/mol. The second-order valence-corrected chi connectivity index (χ2v) is 7.85. The van der Waals surface area contributed by atoms with E-state index in [-0.39, 0.29) is 0 Å². The number of hydrogen-bond acceptors (Lipinski definition) is 5. The Kier molecular flexibility index (Phi) is 5.29. The number of H-pyrrole nitrogens is 1. The third-order valence-corrected chi connectivity index (χ3v) is 5.75. The molecule has 9 nitrogen and oxygen atoms in total. The highest BCUT2D eigenvalue weighted by atomic mass is 16.5. The van der Waals surface area contributed by atoms with Crippen LogP contribution in [0.4, 0.5) is 0 Å². The van der Waals surface area contributed by atoms with Gasteiger partial charge in [-0.15, -0.1) is 10.2 Å². The van der Waals surface area contributed by atoms with Crippen molar-refractivity contribution in [1.29, 1.82) is 0 Å². The maximum atomic E-state index is 12.9. The van der Waals surface area contributed by atoms with Crippen molar-refractivity contribution in [1.82, 2.24) is 28.7 Å². The summed E-state index contributed by atoms with van der Waals surface area (Å²) in [7, 11) is 1.64. The number of ether oxygens (including phenoxy) is 1. The van der Waals surface area contributed by atoms with Crippen LogP contribution in [0.5, 0.6) is 5.75 Å². The third kappa shape index (κ3) is 3.61. The molecular formula is C24H24N6O3. The first-order chi connectivity index (χ1) is 16.1. The topological polar surface area (TPSA) is 99.2 Å². The van der Waals surface area contributed by atoms with Crippen molar-refractivity contribution < 1.29 is 4.74 Å². The summed E-state index contributed by atoms with van der Waals surface area (Å²) in [5.41, 5.74) is 1.98. The summed E-state index contributed by atoms with van der Waals surface area (Å²) in [5, 5.41) is 8.81. The fourth-order valence-corrected chi connectivity index (χ4v) is 4.19. The van der Waals surface area contributed by atoms with Crippen molar-refractivity contribution in [3.05, 3.63) is 81.0 Å². The number of nitrogens with zero attached hydrogens (tertiary/aromatic N) is 5. The Hall–Kier alpha value is -4.14. The molecule has 0 saturated carbocycles. The highest BCUT2D eigenvalue weighted by molar-refractivity contribution is 5.79. The molecule has 3 aromatic heterocycles. The molecule has 9 heteroatoms. The second-order valence-electron chi connectivity index (χ2n) is 7.85. The third-order valence-electron chi connectivity index (χ3n) is 5.75. The number of aromatic amines is 1. The predicted octanol–water partition coefficient (Wildman–Crippen LogP) is 2.77. The molecule has 0 aliphatic carbocycles. The first-order valence-corrected chi connectivity index (χ1v) is 10.9. The van der Waals surface area contributed by atoms with Gasteiger partial charge in [-0.3, -0.25) is 14.3 Å². The summed E-state index contributed by atoms with van der Waals surface area (Å²) in [4.78, 5) is 27.7. The van der Waals surface area contributed by atoms with E-state index < -0.39 is 11.2 Å². The lowest BCUT2D eigenvalue weighted by Crippen LogP contribution is -2.29. The molecule has 0 radical (unpaired) electrons. The van der Waals surface area contributed by atoms with Gasteiger partial charge in [-0.25, -0.2) is 9.20 Å². The molecule has 0 amide bonds. The van der Waals surface area contributed by atoms with Crippen LogP contribution in [0.1, 0.15) is 18.9 Å². The Morgan fingerprint density at radius 2 is 1.76 bits per heavy atom. The number of aryl methyl sites for hydroxylation is 3. The lowest BCUT2D eigenvalue weighted by atomic mass is 10.1. The minimum Gasteiger partial charge on any atom is -0.494 e. The first-order valence-electron chi connectivity index (χ1n) is 10.9. The summed E-state index contributed by atoms with van der Waals surface area (Å²) in [5.74, 6) is 1.84. The van der Waals surface area contributed by atoms with Gasteiger partial charge in [0.15, 0.2) is 17.0 Å². The van der Waals surface area contributed by atoms with Crippen molar-refractivity contribution in [3.8, 4) is 17.1 Å². The summed E-state index contributed by atoms with van der Waals surface area (Å²) in [6.07, 6.45) is 1.66. The summed E-state index contributed by atoms with van der Waals surface area (Å²) < 4.78 is 10.6. The van der Waals surface area contributed by atoms with E-state index in [4.69, 9.17) is 4.74 Å². The molecule has 1 N–H and O–H groups in total. The fraction of sp³-hybridized carbons (Fsp3) is 0.250. The van der Waals surface area contributed by atoms with E-state index >= 15 is 0 Å². The predicted molar refractivity (Wildman–Crippen MR) is 126 cm³/mol. The van der Waals surface area contributed by atoms with Gasteiger partial charge in [0.25, 0.3) is 5.56 Å². The van der Waals surface area contributed by atoms with Gasteiger partial charge in [0.1, 0.15) is 5.75 Å². The number of hydrogen-bond donors (Lipinski definition) is 1. The molecule has 0 fully saturated rings.